The van der Waals surface area contributed by atoms with Gasteiger partial charge < -0.3 is 19.3 Å². The molecule has 0 bridgehead atoms. The molecule has 0 spiro atoms. The third kappa shape index (κ3) is 6.86. The van der Waals surface area contributed by atoms with Gasteiger partial charge in [0, 0.05) is 29.3 Å². The second-order valence-corrected chi connectivity index (χ2v) is 8.81. The van der Waals surface area contributed by atoms with Crippen LogP contribution in [0.3, 0.4) is 0 Å². The predicted octanol–water partition coefficient (Wildman–Crippen LogP) is 6.18. The van der Waals surface area contributed by atoms with Crippen LogP contribution in [-0.4, -0.2) is 22.7 Å². The summed E-state index contributed by atoms with van der Waals surface area (Å²) in [6.07, 6.45) is 2.61. The van der Waals surface area contributed by atoms with E-state index < -0.39 is 0 Å². The van der Waals surface area contributed by atoms with Gasteiger partial charge >= 0.3 is 0 Å². The van der Waals surface area contributed by atoms with E-state index in [2.05, 4.69) is 22.4 Å². The minimum absolute atomic E-state index is 0.172. The molecule has 180 valence electrons. The van der Waals surface area contributed by atoms with Gasteiger partial charge in [0.1, 0.15) is 17.3 Å². The number of nitrogens with zero attached hydrogens (tertiary/aromatic N) is 2. The number of carbonyl (C=O) groups is 1. The number of thioether (sulfide) groups is 1. The fourth-order valence-electron chi connectivity index (χ4n) is 3.27. The molecule has 4 aromatic rings. The Labute approximate surface area is 208 Å². The van der Waals surface area contributed by atoms with Crippen molar-refractivity contribution >= 4 is 17.7 Å². The molecule has 2 aromatic heterocycles. The number of pyridine rings is 1. The Balaban J connectivity index is 1.39. The smallest absolute Gasteiger partial charge is 0.252 e. The molecule has 8 heteroatoms. The number of rotatable bonds is 11. The molecule has 2 aromatic carbocycles. The number of aryl methyl sites for hydroxylation is 1. The van der Waals surface area contributed by atoms with Gasteiger partial charge in [-0.25, -0.2) is 4.98 Å². The molecule has 0 fully saturated rings. The van der Waals surface area contributed by atoms with Crippen LogP contribution in [0.25, 0.3) is 0 Å². The van der Waals surface area contributed by atoms with Crippen molar-refractivity contribution in [1.29, 1.82) is 0 Å². The standard InChI is InChI=1S/C27H27N3O4S/c1-3-15-32-21-10-12-22(13-11-21)33-27-20(7-6-14-28-27)17-29-26(31)24-8-4-5-9-25(24)35-18-23-16-19(2)30-34-23/h4-14,16H,3,15,17-18H2,1-2H3,(H,29,31). The highest BCUT2D eigenvalue weighted by Gasteiger charge is 2.14. The van der Waals surface area contributed by atoms with Crippen molar-refractivity contribution in [3.63, 3.8) is 0 Å². The van der Waals surface area contributed by atoms with Crippen molar-refractivity contribution < 1.29 is 18.8 Å². The van der Waals surface area contributed by atoms with Crippen molar-refractivity contribution in [1.82, 2.24) is 15.5 Å². The van der Waals surface area contributed by atoms with Crippen molar-refractivity contribution in [2.45, 2.75) is 37.5 Å². The van der Waals surface area contributed by atoms with Gasteiger partial charge in [-0.05, 0) is 55.8 Å². The summed E-state index contributed by atoms with van der Waals surface area (Å²) in [5.41, 5.74) is 2.21. The van der Waals surface area contributed by atoms with Crippen molar-refractivity contribution in [3.8, 4) is 17.4 Å². The maximum absolute atomic E-state index is 13.0. The summed E-state index contributed by atoms with van der Waals surface area (Å²) in [6.45, 7) is 4.90. The maximum Gasteiger partial charge on any atom is 0.252 e. The molecule has 1 amide bonds. The lowest BCUT2D eigenvalue weighted by Crippen LogP contribution is -2.23. The Hall–Kier alpha value is -3.78. The Morgan fingerprint density at radius 2 is 1.86 bits per heavy atom. The molecular formula is C27H27N3O4S. The number of benzene rings is 2. The molecule has 0 atom stereocenters. The number of hydrogen-bond donors (Lipinski definition) is 1. The van der Waals surface area contributed by atoms with Gasteiger partial charge in [0.15, 0.2) is 0 Å². The molecule has 0 aliphatic rings. The van der Waals surface area contributed by atoms with Crippen LogP contribution in [0.15, 0.2) is 82.3 Å². The number of carbonyl (C=O) groups excluding carboxylic acids is 1. The molecule has 0 unspecified atom stereocenters. The summed E-state index contributed by atoms with van der Waals surface area (Å²) in [6, 6.07) is 20.5. The molecule has 0 aliphatic heterocycles. The summed E-state index contributed by atoms with van der Waals surface area (Å²) in [4.78, 5) is 18.2. The second kappa shape index (κ2) is 12.1. The van der Waals surface area contributed by atoms with Crippen LogP contribution in [0.4, 0.5) is 0 Å². The maximum atomic E-state index is 13.0. The van der Waals surface area contributed by atoms with Gasteiger partial charge in [-0.1, -0.05) is 30.3 Å². The SMILES string of the molecule is CCCOc1ccc(Oc2ncccc2CNC(=O)c2ccccc2SCc2cc(C)no2)cc1. The van der Waals surface area contributed by atoms with Gasteiger partial charge in [0.25, 0.3) is 5.91 Å². The van der Waals surface area contributed by atoms with E-state index in [1.54, 1.807) is 6.20 Å². The van der Waals surface area contributed by atoms with E-state index in [1.165, 1.54) is 11.8 Å². The van der Waals surface area contributed by atoms with Crippen LogP contribution >= 0.6 is 11.8 Å². The minimum atomic E-state index is -0.172. The first kappa shape index (κ1) is 24.3. The van der Waals surface area contributed by atoms with Crippen molar-refractivity contribution in [3.05, 3.63) is 95.5 Å². The lowest BCUT2D eigenvalue weighted by Gasteiger charge is -2.12. The third-order valence-corrected chi connectivity index (χ3v) is 6.07. The zero-order valence-corrected chi connectivity index (χ0v) is 20.5. The fraction of sp³-hybridized carbons (Fsp3) is 0.222. The van der Waals surface area contributed by atoms with Crippen molar-refractivity contribution in [2.24, 2.45) is 0 Å². The first-order chi connectivity index (χ1) is 17.1. The number of ether oxygens (including phenoxy) is 2. The molecular weight excluding hydrogens is 462 g/mol. The van der Waals surface area contributed by atoms with Gasteiger partial charge in [-0.15, -0.1) is 11.8 Å². The molecule has 1 N–H and O–H groups in total. The van der Waals surface area contributed by atoms with Crippen LogP contribution in [0, 0.1) is 6.92 Å². The molecule has 4 rings (SSSR count). The average Bonchev–Trinajstić information content (AvgIpc) is 3.31. The predicted molar refractivity (Wildman–Crippen MR) is 135 cm³/mol. The first-order valence-electron chi connectivity index (χ1n) is 11.4. The summed E-state index contributed by atoms with van der Waals surface area (Å²) in [7, 11) is 0. The molecule has 0 aliphatic carbocycles. The average molecular weight is 490 g/mol. The molecule has 7 nitrogen and oxygen atoms in total. The highest BCUT2D eigenvalue weighted by atomic mass is 32.2. The van der Waals surface area contributed by atoms with E-state index in [1.807, 2.05) is 73.7 Å². The molecule has 35 heavy (non-hydrogen) atoms. The van der Waals surface area contributed by atoms with E-state index in [0.717, 1.165) is 34.1 Å². The lowest BCUT2D eigenvalue weighted by atomic mass is 10.2. The highest BCUT2D eigenvalue weighted by molar-refractivity contribution is 7.98. The van der Waals surface area contributed by atoms with Crippen LogP contribution in [-0.2, 0) is 12.3 Å². The topological polar surface area (TPSA) is 86.5 Å². The Kier molecular flexibility index (Phi) is 8.40. The summed E-state index contributed by atoms with van der Waals surface area (Å²) >= 11 is 1.53. The van der Waals surface area contributed by atoms with Gasteiger partial charge in [0.05, 0.1) is 23.6 Å². The van der Waals surface area contributed by atoms with Crippen LogP contribution < -0.4 is 14.8 Å². The Morgan fingerprint density at radius 1 is 1.06 bits per heavy atom. The normalized spacial score (nSPS) is 10.7. The molecule has 0 radical (unpaired) electrons. The lowest BCUT2D eigenvalue weighted by molar-refractivity contribution is 0.0947. The Morgan fingerprint density at radius 3 is 2.63 bits per heavy atom. The van der Waals surface area contributed by atoms with Crippen LogP contribution in [0.1, 0.15) is 40.7 Å². The molecule has 0 saturated heterocycles. The zero-order chi connectivity index (χ0) is 24.5. The van der Waals surface area contributed by atoms with E-state index in [9.17, 15) is 4.79 Å². The fourth-order valence-corrected chi connectivity index (χ4v) is 4.19. The Bertz CT molecular complexity index is 1260. The largest absolute Gasteiger partial charge is 0.494 e. The number of nitrogens with one attached hydrogen (secondary N) is 1. The number of amides is 1. The quantitative estimate of drug-likeness (QED) is 0.252. The van der Waals surface area contributed by atoms with Gasteiger partial charge in [0.2, 0.25) is 5.88 Å². The highest BCUT2D eigenvalue weighted by Crippen LogP contribution is 2.28. The van der Waals surface area contributed by atoms with E-state index in [0.29, 0.717) is 29.6 Å². The van der Waals surface area contributed by atoms with E-state index in [4.69, 9.17) is 14.0 Å². The van der Waals surface area contributed by atoms with Crippen LogP contribution in [0.2, 0.25) is 0 Å². The number of hydrogen-bond acceptors (Lipinski definition) is 7. The van der Waals surface area contributed by atoms with Crippen LogP contribution in [0.5, 0.6) is 17.4 Å². The third-order valence-electron chi connectivity index (χ3n) is 4.98. The summed E-state index contributed by atoms with van der Waals surface area (Å²) in [5, 5.41) is 6.90. The summed E-state index contributed by atoms with van der Waals surface area (Å²) < 4.78 is 16.9. The van der Waals surface area contributed by atoms with E-state index in [-0.39, 0.29) is 12.5 Å². The van der Waals surface area contributed by atoms with E-state index >= 15 is 0 Å². The second-order valence-electron chi connectivity index (χ2n) is 7.79. The minimum Gasteiger partial charge on any atom is -0.494 e. The number of aromatic nitrogens is 2. The molecule has 0 saturated carbocycles. The summed E-state index contributed by atoms with van der Waals surface area (Å²) in [5.74, 6) is 3.07. The van der Waals surface area contributed by atoms with Gasteiger partial charge in [-0.3, -0.25) is 4.79 Å². The van der Waals surface area contributed by atoms with Gasteiger partial charge in [-0.2, -0.15) is 0 Å². The molecule has 2 heterocycles. The zero-order valence-electron chi connectivity index (χ0n) is 19.7. The monoisotopic (exact) mass is 489 g/mol. The first-order valence-corrected chi connectivity index (χ1v) is 12.4. The van der Waals surface area contributed by atoms with Crippen molar-refractivity contribution in [2.75, 3.05) is 6.61 Å².